The Labute approximate surface area is 158 Å². The Hall–Kier alpha value is -2.67. The molecule has 26 heavy (non-hydrogen) atoms. The van der Waals surface area contributed by atoms with Crippen LogP contribution in [0, 0.1) is 5.82 Å². The lowest BCUT2D eigenvalue weighted by Crippen LogP contribution is -2.31. The van der Waals surface area contributed by atoms with E-state index < -0.39 is 5.82 Å². The molecule has 1 amide bonds. The molecule has 0 aliphatic rings. The number of nitrogens with one attached hydrogen (secondary N) is 1. The van der Waals surface area contributed by atoms with Crippen molar-refractivity contribution in [2.75, 3.05) is 20.2 Å². The van der Waals surface area contributed by atoms with Crippen LogP contribution in [0.2, 0.25) is 0 Å². The average Bonchev–Trinajstić information content (AvgIpc) is 3.13. The van der Waals surface area contributed by atoms with Gasteiger partial charge in [0.05, 0.1) is 12.2 Å². The van der Waals surface area contributed by atoms with Gasteiger partial charge >= 0.3 is 0 Å². The van der Waals surface area contributed by atoms with Crippen molar-refractivity contribution in [1.29, 1.82) is 0 Å². The van der Waals surface area contributed by atoms with Crippen molar-refractivity contribution in [2.45, 2.75) is 0 Å². The number of hydrogen-bond donors (Lipinski definition) is 1. The predicted octanol–water partition coefficient (Wildman–Crippen LogP) is 4.13. The van der Waals surface area contributed by atoms with E-state index in [9.17, 15) is 9.18 Å². The number of rotatable bonds is 6. The van der Waals surface area contributed by atoms with E-state index in [0.717, 1.165) is 10.0 Å². The van der Waals surface area contributed by atoms with Crippen LogP contribution in [0.25, 0.3) is 11.3 Å². The molecule has 7 heteroatoms. The lowest BCUT2D eigenvalue weighted by atomic mass is 10.1. The standard InChI is InChI=1S/C19H17BrFN3O2/c1-24(10-11-26-18-5-3-2-4-15(18)21)19(25)17-12-16(22-23-17)13-6-8-14(20)9-7-13/h2-9,12H,10-11H2,1H3,(H,22,23). The van der Waals surface area contributed by atoms with E-state index in [2.05, 4.69) is 26.1 Å². The van der Waals surface area contributed by atoms with E-state index in [-0.39, 0.29) is 18.3 Å². The number of hydrogen-bond acceptors (Lipinski definition) is 3. The second-order valence-electron chi connectivity index (χ2n) is 5.68. The van der Waals surface area contributed by atoms with Crippen LogP contribution in [0.3, 0.4) is 0 Å². The summed E-state index contributed by atoms with van der Waals surface area (Å²) in [7, 11) is 1.66. The van der Waals surface area contributed by atoms with E-state index in [1.807, 2.05) is 24.3 Å². The summed E-state index contributed by atoms with van der Waals surface area (Å²) in [5.41, 5.74) is 1.99. The minimum Gasteiger partial charge on any atom is -0.489 e. The smallest absolute Gasteiger partial charge is 0.271 e. The molecule has 0 spiro atoms. The zero-order chi connectivity index (χ0) is 18.5. The fourth-order valence-corrected chi connectivity index (χ4v) is 2.63. The second-order valence-corrected chi connectivity index (χ2v) is 6.60. The van der Waals surface area contributed by atoms with Crippen LogP contribution in [0.5, 0.6) is 5.75 Å². The molecule has 0 radical (unpaired) electrons. The molecule has 1 aromatic heterocycles. The maximum Gasteiger partial charge on any atom is 0.271 e. The van der Waals surface area contributed by atoms with E-state index in [1.54, 1.807) is 31.3 Å². The Bertz CT molecular complexity index is 896. The van der Waals surface area contributed by atoms with E-state index >= 15 is 0 Å². The summed E-state index contributed by atoms with van der Waals surface area (Å²) in [6.45, 7) is 0.511. The largest absolute Gasteiger partial charge is 0.489 e. The van der Waals surface area contributed by atoms with Gasteiger partial charge in [0.1, 0.15) is 12.3 Å². The van der Waals surface area contributed by atoms with Crippen LogP contribution < -0.4 is 4.74 Å². The summed E-state index contributed by atoms with van der Waals surface area (Å²) in [6, 6.07) is 15.5. The molecule has 134 valence electrons. The van der Waals surface area contributed by atoms with Crippen molar-refractivity contribution in [2.24, 2.45) is 0 Å². The van der Waals surface area contributed by atoms with Crippen LogP contribution in [-0.2, 0) is 0 Å². The molecule has 3 aromatic rings. The molecule has 0 aliphatic carbocycles. The molecule has 0 unspecified atom stereocenters. The summed E-state index contributed by atoms with van der Waals surface area (Å²) < 4.78 is 19.9. The van der Waals surface area contributed by atoms with E-state index in [4.69, 9.17) is 4.74 Å². The van der Waals surface area contributed by atoms with Gasteiger partial charge in [0.15, 0.2) is 11.6 Å². The van der Waals surface area contributed by atoms with Crippen molar-refractivity contribution in [1.82, 2.24) is 15.1 Å². The maximum atomic E-state index is 13.5. The third kappa shape index (κ3) is 4.29. The molecule has 0 atom stereocenters. The summed E-state index contributed by atoms with van der Waals surface area (Å²) in [4.78, 5) is 14.0. The van der Waals surface area contributed by atoms with Gasteiger partial charge in [0, 0.05) is 17.1 Å². The summed E-state index contributed by atoms with van der Waals surface area (Å²) in [5, 5.41) is 6.95. The number of aromatic amines is 1. The van der Waals surface area contributed by atoms with Crippen molar-refractivity contribution >= 4 is 21.8 Å². The number of aromatic nitrogens is 2. The molecule has 0 saturated carbocycles. The number of halogens is 2. The fourth-order valence-electron chi connectivity index (χ4n) is 2.36. The van der Waals surface area contributed by atoms with Crippen LogP contribution in [0.1, 0.15) is 10.5 Å². The number of H-pyrrole nitrogens is 1. The topological polar surface area (TPSA) is 58.2 Å². The SMILES string of the molecule is CN(CCOc1ccccc1F)C(=O)c1cc(-c2ccc(Br)cc2)n[nH]1. The van der Waals surface area contributed by atoms with Crippen molar-refractivity contribution < 1.29 is 13.9 Å². The number of carbonyl (C=O) groups is 1. The van der Waals surface area contributed by atoms with Gasteiger partial charge in [-0.2, -0.15) is 5.10 Å². The van der Waals surface area contributed by atoms with Gasteiger partial charge in [-0.25, -0.2) is 4.39 Å². The summed E-state index contributed by atoms with van der Waals surface area (Å²) >= 11 is 3.39. The molecular formula is C19H17BrFN3O2. The molecule has 2 aromatic carbocycles. The normalized spacial score (nSPS) is 10.6. The Balaban J connectivity index is 1.58. The van der Waals surface area contributed by atoms with Gasteiger partial charge in [-0.05, 0) is 30.3 Å². The molecule has 1 heterocycles. The van der Waals surface area contributed by atoms with Crippen LogP contribution >= 0.6 is 15.9 Å². The first-order chi connectivity index (χ1) is 12.5. The minimum absolute atomic E-state index is 0.174. The molecule has 0 bridgehead atoms. The highest BCUT2D eigenvalue weighted by Gasteiger charge is 2.15. The highest BCUT2D eigenvalue weighted by molar-refractivity contribution is 9.10. The number of amides is 1. The zero-order valence-corrected chi connectivity index (χ0v) is 15.7. The lowest BCUT2D eigenvalue weighted by molar-refractivity contribution is 0.0767. The van der Waals surface area contributed by atoms with Crippen molar-refractivity contribution in [3.63, 3.8) is 0 Å². The van der Waals surface area contributed by atoms with E-state index in [0.29, 0.717) is 17.9 Å². The molecule has 1 N–H and O–H groups in total. The number of benzene rings is 2. The predicted molar refractivity (Wildman–Crippen MR) is 101 cm³/mol. The first kappa shape index (κ1) is 18.1. The number of ether oxygens (including phenoxy) is 1. The van der Waals surface area contributed by atoms with Crippen molar-refractivity contribution in [3.8, 4) is 17.0 Å². The minimum atomic E-state index is -0.422. The number of likely N-dealkylation sites (N-methyl/N-ethyl adjacent to an activating group) is 1. The van der Waals surface area contributed by atoms with Crippen LogP contribution in [0.15, 0.2) is 59.1 Å². The summed E-state index contributed by atoms with van der Waals surface area (Å²) in [5.74, 6) is -0.459. The quantitative estimate of drug-likeness (QED) is 0.655. The highest BCUT2D eigenvalue weighted by atomic mass is 79.9. The number of carbonyl (C=O) groups excluding carboxylic acids is 1. The zero-order valence-electron chi connectivity index (χ0n) is 14.1. The third-order valence-electron chi connectivity index (χ3n) is 3.82. The number of nitrogens with zero attached hydrogens (tertiary/aromatic N) is 2. The first-order valence-corrected chi connectivity index (χ1v) is 8.78. The van der Waals surface area contributed by atoms with Crippen LogP contribution in [0.4, 0.5) is 4.39 Å². The van der Waals surface area contributed by atoms with Gasteiger partial charge in [0.2, 0.25) is 0 Å². The van der Waals surface area contributed by atoms with Crippen LogP contribution in [-0.4, -0.2) is 41.2 Å². The Morgan fingerprint density at radius 2 is 1.96 bits per heavy atom. The van der Waals surface area contributed by atoms with Gasteiger partial charge in [-0.3, -0.25) is 9.89 Å². The molecule has 5 nitrogen and oxygen atoms in total. The Morgan fingerprint density at radius 3 is 2.69 bits per heavy atom. The highest BCUT2D eigenvalue weighted by Crippen LogP contribution is 2.21. The second kappa shape index (κ2) is 8.14. The number of para-hydroxylation sites is 1. The average molecular weight is 418 g/mol. The Morgan fingerprint density at radius 1 is 1.23 bits per heavy atom. The van der Waals surface area contributed by atoms with E-state index in [1.165, 1.54) is 11.0 Å². The fraction of sp³-hybridized carbons (Fsp3) is 0.158. The molecule has 0 saturated heterocycles. The molecule has 3 rings (SSSR count). The van der Waals surface area contributed by atoms with Gasteiger partial charge in [0.25, 0.3) is 5.91 Å². The molecule has 0 aliphatic heterocycles. The van der Waals surface area contributed by atoms with Gasteiger partial charge in [-0.15, -0.1) is 0 Å². The third-order valence-corrected chi connectivity index (χ3v) is 4.34. The molecule has 0 fully saturated rings. The lowest BCUT2D eigenvalue weighted by Gasteiger charge is -2.16. The summed E-state index contributed by atoms with van der Waals surface area (Å²) in [6.07, 6.45) is 0. The monoisotopic (exact) mass is 417 g/mol. The molecular weight excluding hydrogens is 401 g/mol. The maximum absolute atomic E-state index is 13.5. The van der Waals surface area contributed by atoms with Gasteiger partial charge in [-0.1, -0.05) is 40.2 Å². The van der Waals surface area contributed by atoms with Gasteiger partial charge < -0.3 is 9.64 Å². The van der Waals surface area contributed by atoms with Crippen molar-refractivity contribution in [3.05, 3.63) is 70.6 Å². The Kier molecular flexibility index (Phi) is 5.68. The first-order valence-electron chi connectivity index (χ1n) is 7.99.